The fourth-order valence-electron chi connectivity index (χ4n) is 0.680. The van der Waals surface area contributed by atoms with Crippen molar-refractivity contribution in [2.75, 3.05) is 0 Å². The quantitative estimate of drug-likeness (QED) is 0.503. The van der Waals surface area contributed by atoms with Gasteiger partial charge in [0.15, 0.2) is 0 Å². The van der Waals surface area contributed by atoms with E-state index < -0.39 is 0 Å². The topological polar surface area (TPSA) is 34.1 Å². The summed E-state index contributed by atoms with van der Waals surface area (Å²) in [7, 11) is 0. The standard InChI is InChI=1S/2C5H5.2C2H3O.Ni/c2*1-2-4-5-3-1;2*1-2-3;/h2*1-3H,4H2;2*1H3;/q4*-1;. The SMILES string of the molecule is C[C-]=O.C[C-]=O.[C-]1=CC=CC1.[C-]1=CC=CC1.[Ni]. The van der Waals surface area contributed by atoms with Crippen LogP contribution in [0.4, 0.5) is 0 Å². The van der Waals surface area contributed by atoms with Crippen LogP contribution in [0, 0.1) is 12.2 Å². The first-order chi connectivity index (χ1) is 7.83. The third kappa shape index (κ3) is 31.3. The van der Waals surface area contributed by atoms with Crippen LogP contribution in [0.15, 0.2) is 36.5 Å². The van der Waals surface area contributed by atoms with Gasteiger partial charge in [0.05, 0.1) is 0 Å². The zero-order valence-electron chi connectivity index (χ0n) is 10.0. The number of allylic oxidation sites excluding steroid dienone is 8. The zero-order chi connectivity index (χ0) is 12.5. The number of rotatable bonds is 0. The second-order valence-corrected chi connectivity index (χ2v) is 2.41. The van der Waals surface area contributed by atoms with E-state index >= 15 is 0 Å². The molecule has 2 aliphatic rings. The molecule has 0 saturated heterocycles. The average molecular weight is 275 g/mol. The normalized spacial score (nSPS) is 11.9. The third-order valence-electron chi connectivity index (χ3n) is 1.17. The van der Waals surface area contributed by atoms with Gasteiger partial charge in [-0.05, 0) is 0 Å². The summed E-state index contributed by atoms with van der Waals surface area (Å²) in [5, 5.41) is 0. The molecule has 0 spiro atoms. The van der Waals surface area contributed by atoms with Gasteiger partial charge in [0.2, 0.25) is 0 Å². The molecule has 0 saturated carbocycles. The van der Waals surface area contributed by atoms with Crippen molar-refractivity contribution in [3.63, 3.8) is 0 Å². The van der Waals surface area contributed by atoms with Gasteiger partial charge in [-0.1, -0.05) is 0 Å². The van der Waals surface area contributed by atoms with Crippen molar-refractivity contribution < 1.29 is 26.1 Å². The Morgan fingerprint density at radius 2 is 1.18 bits per heavy atom. The second-order valence-electron chi connectivity index (χ2n) is 2.41. The van der Waals surface area contributed by atoms with Crippen LogP contribution >= 0.6 is 0 Å². The van der Waals surface area contributed by atoms with Gasteiger partial charge in [-0.25, -0.2) is 24.3 Å². The molecule has 0 N–H and O–H groups in total. The molecular weight excluding hydrogens is 259 g/mol. The largest absolute Gasteiger partial charge is 0.542 e. The number of hydrogen-bond acceptors (Lipinski definition) is 2. The predicted molar refractivity (Wildman–Crippen MR) is 65.9 cm³/mol. The third-order valence-corrected chi connectivity index (χ3v) is 1.17. The molecule has 0 bridgehead atoms. The molecule has 2 nitrogen and oxygen atoms in total. The van der Waals surface area contributed by atoms with E-state index in [9.17, 15) is 0 Å². The van der Waals surface area contributed by atoms with E-state index in [-0.39, 0.29) is 16.5 Å². The molecule has 17 heavy (non-hydrogen) atoms. The van der Waals surface area contributed by atoms with Crippen LogP contribution in [0.3, 0.4) is 0 Å². The molecule has 0 aromatic heterocycles. The molecule has 0 radical (unpaired) electrons. The van der Waals surface area contributed by atoms with Crippen LogP contribution in [0.5, 0.6) is 0 Å². The van der Waals surface area contributed by atoms with Crippen molar-refractivity contribution in [1.82, 2.24) is 0 Å². The molecule has 2 rings (SSSR count). The maximum Gasteiger partial charge on any atom is 0 e. The van der Waals surface area contributed by atoms with Crippen LogP contribution in [0.2, 0.25) is 0 Å². The van der Waals surface area contributed by atoms with Gasteiger partial charge in [0.1, 0.15) is 0 Å². The van der Waals surface area contributed by atoms with Gasteiger partial charge in [-0.2, -0.15) is 26.0 Å². The van der Waals surface area contributed by atoms with E-state index in [4.69, 9.17) is 9.59 Å². The van der Waals surface area contributed by atoms with Crippen molar-refractivity contribution in [3.8, 4) is 0 Å². The minimum atomic E-state index is 0. The molecule has 0 aromatic rings. The summed E-state index contributed by atoms with van der Waals surface area (Å²) in [5.74, 6) is 0. The van der Waals surface area contributed by atoms with Gasteiger partial charge in [-0.3, -0.25) is 24.7 Å². The number of hydrogen-bond donors (Lipinski definition) is 0. The molecule has 0 heterocycles. The molecule has 0 amide bonds. The van der Waals surface area contributed by atoms with Crippen molar-refractivity contribution in [1.29, 1.82) is 0 Å². The smallest absolute Gasteiger partial charge is 0 e. The predicted octanol–water partition coefficient (Wildman–Crippen LogP) is 2.84. The minimum Gasteiger partial charge on any atom is -0.542 e. The molecule has 2 aliphatic carbocycles. The molecule has 0 aliphatic heterocycles. The van der Waals surface area contributed by atoms with Gasteiger partial charge in [0.25, 0.3) is 0 Å². The van der Waals surface area contributed by atoms with Gasteiger partial charge >= 0.3 is 0 Å². The second kappa shape index (κ2) is 24.2. The zero-order valence-corrected chi connectivity index (χ0v) is 11.0. The van der Waals surface area contributed by atoms with E-state index in [1.54, 1.807) is 0 Å². The fraction of sp³-hybridized carbons (Fsp3) is 0.286. The Kier molecular flexibility index (Phi) is 30.0. The van der Waals surface area contributed by atoms with Crippen LogP contribution in [0.25, 0.3) is 0 Å². The summed E-state index contributed by atoms with van der Waals surface area (Å²) in [4.78, 5) is 17.4. The summed E-state index contributed by atoms with van der Waals surface area (Å²) in [6.45, 7) is 2.64. The Bertz CT molecular complexity index is 215. The van der Waals surface area contributed by atoms with Crippen molar-refractivity contribution >= 4 is 12.6 Å². The first-order valence-corrected chi connectivity index (χ1v) is 4.84. The number of carbonyl (C=O) groups excluding carboxylic acids is 2. The molecule has 3 heteroatoms. The maximum atomic E-state index is 8.68. The Labute approximate surface area is 114 Å². The van der Waals surface area contributed by atoms with Crippen LogP contribution in [0.1, 0.15) is 26.7 Å². The Balaban J connectivity index is -0.000000157. The van der Waals surface area contributed by atoms with E-state index in [0.717, 1.165) is 12.8 Å². The Morgan fingerprint density at radius 1 is 0.882 bits per heavy atom. The van der Waals surface area contributed by atoms with Crippen molar-refractivity contribution in [2.24, 2.45) is 0 Å². The summed E-state index contributed by atoms with van der Waals surface area (Å²) in [6.07, 6.45) is 23.0. The first kappa shape index (κ1) is 21.1. The molecular formula is C14H16NiO2-4. The summed E-state index contributed by atoms with van der Waals surface area (Å²) >= 11 is 0. The first-order valence-electron chi connectivity index (χ1n) is 4.84. The van der Waals surface area contributed by atoms with E-state index in [1.807, 2.05) is 24.3 Å². The summed E-state index contributed by atoms with van der Waals surface area (Å²) in [6, 6.07) is 0. The van der Waals surface area contributed by atoms with E-state index in [1.165, 1.54) is 26.4 Å². The summed E-state index contributed by atoms with van der Waals surface area (Å²) in [5.41, 5.74) is 0. The molecule has 0 aromatic carbocycles. The average Bonchev–Trinajstić information content (AvgIpc) is 3.00. The van der Waals surface area contributed by atoms with Crippen LogP contribution < -0.4 is 0 Å². The van der Waals surface area contributed by atoms with E-state index in [0.29, 0.717) is 0 Å². The minimum absolute atomic E-state index is 0. The van der Waals surface area contributed by atoms with Gasteiger partial charge in [0, 0.05) is 16.5 Å². The Morgan fingerprint density at radius 3 is 1.24 bits per heavy atom. The fourth-order valence-corrected chi connectivity index (χ4v) is 0.680. The summed E-state index contributed by atoms with van der Waals surface area (Å²) < 4.78 is 0. The van der Waals surface area contributed by atoms with Crippen LogP contribution in [-0.4, -0.2) is 12.6 Å². The van der Waals surface area contributed by atoms with Gasteiger partial charge in [-0.15, -0.1) is 12.8 Å². The van der Waals surface area contributed by atoms with Crippen LogP contribution in [-0.2, 0) is 26.1 Å². The van der Waals surface area contributed by atoms with E-state index in [2.05, 4.69) is 24.3 Å². The van der Waals surface area contributed by atoms with Gasteiger partial charge < -0.3 is 9.59 Å². The Hall–Kier alpha value is -1.21. The molecule has 98 valence electrons. The molecule has 0 fully saturated rings. The maximum absolute atomic E-state index is 8.68. The molecule has 0 atom stereocenters. The monoisotopic (exact) mass is 274 g/mol. The van der Waals surface area contributed by atoms with Crippen molar-refractivity contribution in [2.45, 2.75) is 26.7 Å². The van der Waals surface area contributed by atoms with Crippen molar-refractivity contribution in [3.05, 3.63) is 48.6 Å². The molecule has 0 unspecified atom stereocenters.